The molecule has 0 aromatic carbocycles. The largest absolute Gasteiger partial charge is 0.339 e. The van der Waals surface area contributed by atoms with Crippen molar-refractivity contribution in [3.8, 4) is 0 Å². The maximum absolute atomic E-state index is 5.30. The zero-order valence-electron chi connectivity index (χ0n) is 8.20. The summed E-state index contributed by atoms with van der Waals surface area (Å²) >= 11 is 0. The van der Waals surface area contributed by atoms with E-state index < -0.39 is 0 Å². The second-order valence-electron chi connectivity index (χ2n) is 4.31. The van der Waals surface area contributed by atoms with Crippen LogP contribution in [0.3, 0.4) is 0 Å². The number of piperidine rings is 1. The number of hydrogen-bond acceptors (Lipinski definition) is 4. The summed E-state index contributed by atoms with van der Waals surface area (Å²) in [5.41, 5.74) is 0. The van der Waals surface area contributed by atoms with Crippen LogP contribution in [-0.4, -0.2) is 23.2 Å². The van der Waals surface area contributed by atoms with E-state index in [0.29, 0.717) is 11.8 Å². The number of rotatable bonds is 2. The fourth-order valence-corrected chi connectivity index (χ4v) is 1.98. The summed E-state index contributed by atoms with van der Waals surface area (Å²) in [5, 5.41) is 7.40. The molecule has 1 aliphatic carbocycles. The van der Waals surface area contributed by atoms with Gasteiger partial charge in [0.15, 0.2) is 5.82 Å². The normalized spacial score (nSPS) is 27.9. The number of nitrogens with zero attached hydrogens (tertiary/aromatic N) is 2. The van der Waals surface area contributed by atoms with Crippen LogP contribution in [0.4, 0.5) is 0 Å². The van der Waals surface area contributed by atoms with Gasteiger partial charge in [-0.2, -0.15) is 4.98 Å². The van der Waals surface area contributed by atoms with Crippen molar-refractivity contribution in [2.75, 3.05) is 13.1 Å². The van der Waals surface area contributed by atoms with Crippen LogP contribution in [0.15, 0.2) is 4.52 Å². The Balaban J connectivity index is 1.74. The second kappa shape index (κ2) is 3.35. The highest BCUT2D eigenvalue weighted by Crippen LogP contribution is 2.38. The standard InChI is InChI=1S/C10H15N3O/c1-2-8(6-11-5-1)10-12-9(13-14-10)7-3-4-7/h7-8,11H,1-6H2. The van der Waals surface area contributed by atoms with Crippen LogP contribution in [0.1, 0.15) is 49.2 Å². The molecule has 4 heteroatoms. The summed E-state index contributed by atoms with van der Waals surface area (Å²) in [4.78, 5) is 4.48. The average molecular weight is 193 g/mol. The molecule has 1 saturated heterocycles. The number of nitrogens with one attached hydrogen (secondary N) is 1. The minimum absolute atomic E-state index is 0.448. The summed E-state index contributed by atoms with van der Waals surface area (Å²) in [5.74, 6) is 2.83. The van der Waals surface area contributed by atoms with E-state index in [1.54, 1.807) is 0 Å². The van der Waals surface area contributed by atoms with E-state index in [4.69, 9.17) is 4.52 Å². The molecular formula is C10H15N3O. The molecule has 2 aliphatic rings. The van der Waals surface area contributed by atoms with Crippen molar-refractivity contribution in [1.82, 2.24) is 15.5 Å². The van der Waals surface area contributed by atoms with Gasteiger partial charge in [0, 0.05) is 12.5 Å². The van der Waals surface area contributed by atoms with Gasteiger partial charge in [-0.1, -0.05) is 5.16 Å². The van der Waals surface area contributed by atoms with Gasteiger partial charge in [-0.15, -0.1) is 0 Å². The van der Waals surface area contributed by atoms with Crippen LogP contribution in [0, 0.1) is 0 Å². The van der Waals surface area contributed by atoms with Gasteiger partial charge in [0.25, 0.3) is 0 Å². The van der Waals surface area contributed by atoms with Crippen molar-refractivity contribution < 1.29 is 4.52 Å². The third-order valence-corrected chi connectivity index (χ3v) is 3.05. The zero-order chi connectivity index (χ0) is 9.38. The Morgan fingerprint density at radius 2 is 2.14 bits per heavy atom. The van der Waals surface area contributed by atoms with Crippen molar-refractivity contribution >= 4 is 0 Å². The number of hydrogen-bond donors (Lipinski definition) is 1. The molecule has 0 radical (unpaired) electrons. The number of aromatic nitrogens is 2. The van der Waals surface area contributed by atoms with Gasteiger partial charge in [-0.25, -0.2) is 0 Å². The topological polar surface area (TPSA) is 51.0 Å². The van der Waals surface area contributed by atoms with Crippen LogP contribution >= 0.6 is 0 Å². The fourth-order valence-electron chi connectivity index (χ4n) is 1.98. The van der Waals surface area contributed by atoms with E-state index >= 15 is 0 Å². The van der Waals surface area contributed by atoms with Crippen LogP contribution in [0.25, 0.3) is 0 Å². The first-order valence-electron chi connectivity index (χ1n) is 5.47. The molecule has 2 heterocycles. The van der Waals surface area contributed by atoms with Gasteiger partial charge < -0.3 is 9.84 Å². The van der Waals surface area contributed by atoms with Crippen molar-refractivity contribution in [1.29, 1.82) is 0 Å². The van der Waals surface area contributed by atoms with Crippen LogP contribution in [0.2, 0.25) is 0 Å². The van der Waals surface area contributed by atoms with Gasteiger partial charge >= 0.3 is 0 Å². The zero-order valence-corrected chi connectivity index (χ0v) is 8.20. The molecular weight excluding hydrogens is 178 g/mol. The molecule has 4 nitrogen and oxygen atoms in total. The molecule has 2 fully saturated rings. The van der Waals surface area contributed by atoms with Gasteiger partial charge in [-0.3, -0.25) is 0 Å². The third-order valence-electron chi connectivity index (χ3n) is 3.05. The lowest BCUT2D eigenvalue weighted by atomic mass is 10.00. The molecule has 1 N–H and O–H groups in total. The SMILES string of the molecule is C1CNCC(c2nc(C3CC3)no2)C1. The van der Waals surface area contributed by atoms with Gasteiger partial charge in [0.2, 0.25) is 5.89 Å². The molecule has 3 rings (SSSR count). The van der Waals surface area contributed by atoms with Gasteiger partial charge in [0.05, 0.1) is 5.92 Å². The maximum Gasteiger partial charge on any atom is 0.231 e. The van der Waals surface area contributed by atoms with Gasteiger partial charge in [0.1, 0.15) is 0 Å². The fraction of sp³-hybridized carbons (Fsp3) is 0.800. The van der Waals surface area contributed by atoms with E-state index in [1.807, 2.05) is 0 Å². The van der Waals surface area contributed by atoms with Crippen LogP contribution in [0.5, 0.6) is 0 Å². The van der Waals surface area contributed by atoms with E-state index in [9.17, 15) is 0 Å². The molecule has 1 aromatic rings. The highest BCUT2D eigenvalue weighted by molar-refractivity contribution is 5.05. The molecule has 1 unspecified atom stereocenters. The summed E-state index contributed by atoms with van der Waals surface area (Å²) in [6.45, 7) is 2.12. The minimum atomic E-state index is 0.448. The summed E-state index contributed by atoms with van der Waals surface area (Å²) in [6.07, 6.45) is 4.87. The predicted octanol–water partition coefficient (Wildman–Crippen LogP) is 1.41. The Morgan fingerprint density at radius 3 is 2.86 bits per heavy atom. The monoisotopic (exact) mass is 193 g/mol. The first-order chi connectivity index (χ1) is 6.93. The van der Waals surface area contributed by atoms with Crippen molar-refractivity contribution in [2.45, 2.75) is 37.5 Å². The lowest BCUT2D eigenvalue weighted by molar-refractivity contribution is 0.320. The maximum atomic E-state index is 5.30. The quantitative estimate of drug-likeness (QED) is 0.771. The molecule has 1 atom stereocenters. The summed E-state index contributed by atoms with van der Waals surface area (Å²) < 4.78 is 5.30. The van der Waals surface area contributed by atoms with Crippen LogP contribution < -0.4 is 5.32 Å². The van der Waals surface area contributed by atoms with Gasteiger partial charge in [-0.05, 0) is 32.2 Å². The Morgan fingerprint density at radius 1 is 1.21 bits per heavy atom. The minimum Gasteiger partial charge on any atom is -0.339 e. The second-order valence-corrected chi connectivity index (χ2v) is 4.31. The Labute approximate surface area is 83.1 Å². The van der Waals surface area contributed by atoms with Crippen molar-refractivity contribution in [2.24, 2.45) is 0 Å². The summed E-state index contributed by atoms with van der Waals surface area (Å²) in [6, 6.07) is 0. The van der Waals surface area contributed by atoms with Crippen LogP contribution in [-0.2, 0) is 0 Å². The molecule has 76 valence electrons. The van der Waals surface area contributed by atoms with Crippen molar-refractivity contribution in [3.05, 3.63) is 11.7 Å². The van der Waals surface area contributed by atoms with E-state index in [1.165, 1.54) is 25.7 Å². The first kappa shape index (κ1) is 8.41. The Bertz CT molecular complexity index is 313. The molecule has 1 aromatic heterocycles. The third kappa shape index (κ3) is 1.54. The first-order valence-corrected chi connectivity index (χ1v) is 5.47. The Hall–Kier alpha value is -0.900. The molecule has 0 amide bonds. The Kier molecular flexibility index (Phi) is 2.01. The highest BCUT2D eigenvalue weighted by atomic mass is 16.5. The lowest BCUT2D eigenvalue weighted by Gasteiger charge is -2.18. The molecule has 1 aliphatic heterocycles. The molecule has 0 spiro atoms. The highest BCUT2D eigenvalue weighted by Gasteiger charge is 2.30. The van der Waals surface area contributed by atoms with E-state index in [-0.39, 0.29) is 0 Å². The predicted molar refractivity (Wildman–Crippen MR) is 51.1 cm³/mol. The molecule has 0 bridgehead atoms. The smallest absolute Gasteiger partial charge is 0.231 e. The van der Waals surface area contributed by atoms with E-state index in [2.05, 4.69) is 15.5 Å². The molecule has 14 heavy (non-hydrogen) atoms. The van der Waals surface area contributed by atoms with E-state index in [0.717, 1.165) is 24.8 Å². The molecule has 1 saturated carbocycles. The lowest BCUT2D eigenvalue weighted by Crippen LogP contribution is -2.28. The average Bonchev–Trinajstić information content (AvgIpc) is 2.98. The summed E-state index contributed by atoms with van der Waals surface area (Å²) in [7, 11) is 0. The van der Waals surface area contributed by atoms with Crippen molar-refractivity contribution in [3.63, 3.8) is 0 Å².